The first-order valence-electron chi connectivity index (χ1n) is 7.26. The fraction of sp³-hybridized carbons (Fsp3) is 0.0588. The maximum Gasteiger partial charge on any atom is 0.216 e. The van der Waals surface area contributed by atoms with Gasteiger partial charge in [0.25, 0.3) is 0 Å². The number of H-pyrrole nitrogens is 1. The molecule has 0 saturated heterocycles. The van der Waals surface area contributed by atoms with Gasteiger partial charge in [-0.25, -0.2) is 5.10 Å². The van der Waals surface area contributed by atoms with Crippen molar-refractivity contribution in [3.8, 4) is 17.1 Å². The standard InChI is InChI=1S/C17H14N4O3S/c1-24-13-8-6-11(7-9-13)15-19-20-17(25)21(15)18-10-12-4-2-3-5-14(12)16(22)23/h2-10H,1H3,(H,20,25)(H,22,23)/p-1/b18-10+. The summed E-state index contributed by atoms with van der Waals surface area (Å²) in [5.41, 5.74) is 1.23. The van der Waals surface area contributed by atoms with Crippen molar-refractivity contribution < 1.29 is 14.6 Å². The first-order valence-corrected chi connectivity index (χ1v) is 7.67. The number of nitrogens with zero attached hydrogens (tertiary/aromatic N) is 3. The highest BCUT2D eigenvalue weighted by Gasteiger charge is 2.08. The van der Waals surface area contributed by atoms with Gasteiger partial charge in [-0.05, 0) is 36.5 Å². The van der Waals surface area contributed by atoms with Gasteiger partial charge < -0.3 is 14.6 Å². The summed E-state index contributed by atoms with van der Waals surface area (Å²) in [7, 11) is 1.59. The van der Waals surface area contributed by atoms with Crippen molar-refractivity contribution in [2.45, 2.75) is 0 Å². The molecular formula is C17H13N4O3S-. The van der Waals surface area contributed by atoms with E-state index in [-0.39, 0.29) is 10.3 Å². The first kappa shape index (κ1) is 16.6. The van der Waals surface area contributed by atoms with E-state index in [1.54, 1.807) is 37.4 Å². The molecule has 0 spiro atoms. The maximum absolute atomic E-state index is 11.2. The molecule has 1 N–H and O–H groups in total. The molecule has 1 heterocycles. The molecule has 126 valence electrons. The number of hydrogen-bond acceptors (Lipinski definition) is 6. The van der Waals surface area contributed by atoms with Crippen LogP contribution in [0.2, 0.25) is 0 Å². The van der Waals surface area contributed by atoms with Crippen molar-refractivity contribution in [2.75, 3.05) is 7.11 Å². The van der Waals surface area contributed by atoms with E-state index in [0.29, 0.717) is 11.4 Å². The van der Waals surface area contributed by atoms with Crippen LogP contribution in [-0.4, -0.2) is 34.2 Å². The number of aromatic carboxylic acids is 1. The van der Waals surface area contributed by atoms with Crippen LogP contribution in [0.15, 0.2) is 53.6 Å². The van der Waals surface area contributed by atoms with Crippen molar-refractivity contribution in [3.63, 3.8) is 0 Å². The average Bonchev–Trinajstić information content (AvgIpc) is 3.00. The zero-order valence-electron chi connectivity index (χ0n) is 13.2. The molecular weight excluding hydrogens is 340 g/mol. The van der Waals surface area contributed by atoms with E-state index < -0.39 is 5.97 Å². The lowest BCUT2D eigenvalue weighted by Gasteiger charge is -2.06. The molecule has 25 heavy (non-hydrogen) atoms. The number of aromatic nitrogens is 3. The second-order valence-corrected chi connectivity index (χ2v) is 5.40. The largest absolute Gasteiger partial charge is 0.545 e. The molecule has 3 rings (SSSR count). The number of carbonyl (C=O) groups is 1. The Labute approximate surface area is 148 Å². The second-order valence-electron chi connectivity index (χ2n) is 5.01. The lowest BCUT2D eigenvalue weighted by molar-refractivity contribution is -0.255. The van der Waals surface area contributed by atoms with Gasteiger partial charge >= 0.3 is 0 Å². The van der Waals surface area contributed by atoms with Crippen LogP contribution in [-0.2, 0) is 0 Å². The van der Waals surface area contributed by atoms with E-state index in [1.165, 1.54) is 17.0 Å². The Morgan fingerprint density at radius 1 is 1.28 bits per heavy atom. The Morgan fingerprint density at radius 3 is 2.68 bits per heavy atom. The second kappa shape index (κ2) is 7.10. The highest BCUT2D eigenvalue weighted by molar-refractivity contribution is 7.71. The molecule has 0 fully saturated rings. The van der Waals surface area contributed by atoms with Crippen LogP contribution in [0.1, 0.15) is 15.9 Å². The molecule has 0 bridgehead atoms. The summed E-state index contributed by atoms with van der Waals surface area (Å²) in [5, 5.41) is 22.3. The van der Waals surface area contributed by atoms with E-state index in [2.05, 4.69) is 15.3 Å². The van der Waals surface area contributed by atoms with E-state index in [1.807, 2.05) is 12.1 Å². The van der Waals surface area contributed by atoms with Crippen molar-refractivity contribution in [3.05, 3.63) is 64.4 Å². The average molecular weight is 353 g/mol. The number of carboxylic acid groups (broad SMARTS) is 1. The minimum absolute atomic E-state index is 0.0484. The van der Waals surface area contributed by atoms with Crippen LogP contribution < -0.4 is 9.84 Å². The third-order valence-electron chi connectivity index (χ3n) is 3.49. The molecule has 0 aliphatic carbocycles. The van der Waals surface area contributed by atoms with E-state index in [4.69, 9.17) is 17.0 Å². The van der Waals surface area contributed by atoms with E-state index in [9.17, 15) is 9.90 Å². The molecule has 7 nitrogen and oxygen atoms in total. The van der Waals surface area contributed by atoms with Crippen LogP contribution in [0.25, 0.3) is 11.4 Å². The fourth-order valence-corrected chi connectivity index (χ4v) is 2.42. The van der Waals surface area contributed by atoms with Crippen LogP contribution in [0.4, 0.5) is 0 Å². The van der Waals surface area contributed by atoms with Crippen LogP contribution in [0.5, 0.6) is 5.75 Å². The van der Waals surface area contributed by atoms with Gasteiger partial charge in [-0.3, -0.25) is 0 Å². The summed E-state index contributed by atoms with van der Waals surface area (Å²) < 4.78 is 6.84. The molecule has 0 aliphatic heterocycles. The zero-order chi connectivity index (χ0) is 17.8. The maximum atomic E-state index is 11.2. The highest BCUT2D eigenvalue weighted by Crippen LogP contribution is 2.20. The quantitative estimate of drug-likeness (QED) is 0.558. The van der Waals surface area contributed by atoms with Gasteiger partial charge in [0, 0.05) is 16.7 Å². The van der Waals surface area contributed by atoms with Crippen LogP contribution in [0.3, 0.4) is 0 Å². The summed E-state index contributed by atoms with van der Waals surface area (Å²) in [6.07, 6.45) is 1.41. The predicted molar refractivity (Wildman–Crippen MR) is 93.2 cm³/mol. The van der Waals surface area contributed by atoms with Crippen molar-refractivity contribution >= 4 is 24.4 Å². The fourth-order valence-electron chi connectivity index (χ4n) is 2.24. The highest BCUT2D eigenvalue weighted by atomic mass is 32.1. The molecule has 2 aromatic carbocycles. The normalized spacial score (nSPS) is 10.9. The monoisotopic (exact) mass is 353 g/mol. The molecule has 0 amide bonds. The Morgan fingerprint density at radius 2 is 2.00 bits per heavy atom. The van der Waals surface area contributed by atoms with Crippen molar-refractivity contribution in [1.82, 2.24) is 14.9 Å². The smallest absolute Gasteiger partial charge is 0.216 e. The minimum atomic E-state index is -1.27. The van der Waals surface area contributed by atoms with Gasteiger partial charge in [-0.2, -0.15) is 14.9 Å². The first-order chi connectivity index (χ1) is 12.1. The van der Waals surface area contributed by atoms with Crippen LogP contribution >= 0.6 is 12.2 Å². The summed E-state index contributed by atoms with van der Waals surface area (Å²) >= 11 is 5.20. The third kappa shape index (κ3) is 3.48. The number of methoxy groups -OCH3 is 1. The zero-order valence-corrected chi connectivity index (χ0v) is 14.0. The third-order valence-corrected chi connectivity index (χ3v) is 3.76. The number of aromatic amines is 1. The Hall–Kier alpha value is -3.26. The van der Waals surface area contributed by atoms with Gasteiger partial charge in [0.2, 0.25) is 4.77 Å². The predicted octanol–water partition coefficient (Wildman–Crippen LogP) is 1.86. The summed E-state index contributed by atoms with van der Waals surface area (Å²) in [4.78, 5) is 11.2. The topological polar surface area (TPSA) is 95.3 Å². The number of carbonyl (C=O) groups excluding carboxylic acids is 1. The molecule has 0 unspecified atom stereocenters. The van der Waals surface area contributed by atoms with Gasteiger partial charge in [-0.1, -0.05) is 24.3 Å². The van der Waals surface area contributed by atoms with E-state index >= 15 is 0 Å². The molecule has 0 radical (unpaired) electrons. The van der Waals surface area contributed by atoms with Crippen molar-refractivity contribution in [2.24, 2.45) is 5.10 Å². The number of ether oxygens (including phenoxy) is 1. The number of nitrogens with one attached hydrogen (secondary N) is 1. The summed E-state index contributed by atoms with van der Waals surface area (Å²) in [6.45, 7) is 0. The van der Waals surface area contributed by atoms with Gasteiger partial charge in [0.1, 0.15) is 5.75 Å². The lowest BCUT2D eigenvalue weighted by atomic mass is 10.1. The number of hydrogen-bond donors (Lipinski definition) is 1. The molecule has 0 saturated carbocycles. The van der Waals surface area contributed by atoms with Gasteiger partial charge in [0.05, 0.1) is 19.3 Å². The Bertz CT molecular complexity index is 990. The number of benzene rings is 2. The Kier molecular flexibility index (Phi) is 4.71. The van der Waals surface area contributed by atoms with Crippen LogP contribution in [0, 0.1) is 4.77 Å². The number of rotatable bonds is 5. The summed E-state index contributed by atoms with van der Waals surface area (Å²) in [6, 6.07) is 13.7. The Balaban J connectivity index is 2.00. The molecule has 3 aromatic rings. The molecule has 0 aliphatic rings. The van der Waals surface area contributed by atoms with Gasteiger partial charge in [0.15, 0.2) is 5.82 Å². The lowest BCUT2D eigenvalue weighted by Crippen LogP contribution is -2.23. The number of carboxylic acids is 1. The molecule has 8 heteroatoms. The minimum Gasteiger partial charge on any atom is -0.545 e. The van der Waals surface area contributed by atoms with Crippen molar-refractivity contribution in [1.29, 1.82) is 0 Å². The van der Waals surface area contributed by atoms with E-state index in [0.717, 1.165) is 11.3 Å². The molecule has 0 atom stereocenters. The molecule has 1 aromatic heterocycles. The SMILES string of the molecule is COc1ccc(-c2n[nH]c(=S)n2/N=C/c2ccccc2C(=O)[O-])cc1. The van der Waals surface area contributed by atoms with Gasteiger partial charge in [-0.15, -0.1) is 0 Å². The summed E-state index contributed by atoms with van der Waals surface area (Å²) in [5.74, 6) is -0.0566.